The van der Waals surface area contributed by atoms with E-state index in [1.165, 1.54) is 0 Å². The summed E-state index contributed by atoms with van der Waals surface area (Å²) in [6, 6.07) is 11.5. The first-order valence-electron chi connectivity index (χ1n) is 14.9. The van der Waals surface area contributed by atoms with Gasteiger partial charge in [-0.1, -0.05) is 24.3 Å². The normalized spacial score (nSPS) is 16.1. The minimum Gasteiger partial charge on any atom is -0.444 e. The first-order valence-corrected chi connectivity index (χ1v) is 14.9. The van der Waals surface area contributed by atoms with E-state index in [-0.39, 0.29) is 18.2 Å². The number of aromatic nitrogens is 5. The molecule has 0 radical (unpaired) electrons. The molecule has 2 atom stereocenters. The molecule has 4 heterocycles. The van der Waals surface area contributed by atoms with E-state index in [0.717, 1.165) is 52.4 Å². The predicted molar refractivity (Wildman–Crippen MR) is 168 cm³/mol. The van der Waals surface area contributed by atoms with Crippen LogP contribution in [0.5, 0.6) is 0 Å². The van der Waals surface area contributed by atoms with Gasteiger partial charge in [-0.25, -0.2) is 19.6 Å². The quantitative estimate of drug-likeness (QED) is 0.213. The number of likely N-dealkylation sites (tertiary alicyclic amines) is 1. The van der Waals surface area contributed by atoms with Crippen molar-refractivity contribution >= 4 is 12.2 Å². The molecular formula is C33H41N7O4. The van der Waals surface area contributed by atoms with Crippen LogP contribution in [-0.4, -0.2) is 59.8 Å². The highest BCUT2D eigenvalue weighted by molar-refractivity contribution is 5.70. The summed E-state index contributed by atoms with van der Waals surface area (Å²) in [5.74, 6) is 1.39. The van der Waals surface area contributed by atoms with E-state index in [1.54, 1.807) is 17.3 Å². The van der Waals surface area contributed by atoms with Crippen molar-refractivity contribution in [2.24, 2.45) is 0 Å². The fourth-order valence-corrected chi connectivity index (χ4v) is 5.04. The number of aromatic amines is 2. The number of hydrogen-bond acceptors (Lipinski definition) is 7. The second-order valence-corrected chi connectivity index (χ2v) is 13.1. The van der Waals surface area contributed by atoms with Gasteiger partial charge in [-0.2, -0.15) is 0 Å². The molecule has 0 bridgehead atoms. The molecule has 4 aromatic rings. The van der Waals surface area contributed by atoms with Gasteiger partial charge in [0, 0.05) is 23.9 Å². The number of imidazole rings is 2. The Hall–Kier alpha value is -4.67. The van der Waals surface area contributed by atoms with Gasteiger partial charge in [-0.3, -0.25) is 9.88 Å². The minimum absolute atomic E-state index is 0.139. The van der Waals surface area contributed by atoms with Gasteiger partial charge in [0.1, 0.15) is 22.9 Å². The third-order valence-electron chi connectivity index (χ3n) is 7.10. The maximum absolute atomic E-state index is 12.7. The summed E-state index contributed by atoms with van der Waals surface area (Å²) < 4.78 is 10.9. The Labute approximate surface area is 257 Å². The lowest BCUT2D eigenvalue weighted by atomic mass is 10.1. The highest BCUT2D eigenvalue weighted by Crippen LogP contribution is 2.33. The highest BCUT2D eigenvalue weighted by atomic mass is 16.6. The molecule has 1 aromatic carbocycles. The lowest BCUT2D eigenvalue weighted by Gasteiger charge is -2.27. The molecule has 2 amide bonds. The fraction of sp³-hybridized carbons (Fsp3) is 0.424. The van der Waals surface area contributed by atoms with Gasteiger partial charge in [0.25, 0.3) is 0 Å². The van der Waals surface area contributed by atoms with Crippen molar-refractivity contribution in [3.05, 3.63) is 66.6 Å². The molecule has 0 aliphatic carbocycles. The van der Waals surface area contributed by atoms with Crippen LogP contribution in [0, 0.1) is 0 Å². The monoisotopic (exact) mass is 599 g/mol. The molecule has 3 N–H and O–H groups in total. The molecule has 0 saturated carbocycles. The molecule has 11 nitrogen and oxygen atoms in total. The molecule has 1 aliphatic rings. The van der Waals surface area contributed by atoms with Crippen LogP contribution in [0.4, 0.5) is 9.59 Å². The zero-order valence-electron chi connectivity index (χ0n) is 26.4. The van der Waals surface area contributed by atoms with Crippen LogP contribution in [0.2, 0.25) is 0 Å². The van der Waals surface area contributed by atoms with Crippen molar-refractivity contribution < 1.29 is 19.1 Å². The number of alkyl carbamates (subject to hydrolysis) is 1. The van der Waals surface area contributed by atoms with Crippen molar-refractivity contribution in [1.82, 2.24) is 35.1 Å². The van der Waals surface area contributed by atoms with Crippen LogP contribution in [0.1, 0.15) is 85.0 Å². The summed E-state index contributed by atoms with van der Waals surface area (Å²) in [6.07, 6.45) is 6.30. The number of carbonyl (C=O) groups excluding carboxylic acids is 2. The summed E-state index contributed by atoms with van der Waals surface area (Å²) in [6.45, 7) is 13.6. The molecule has 0 unspecified atom stereocenters. The van der Waals surface area contributed by atoms with E-state index < -0.39 is 17.3 Å². The Morgan fingerprint density at radius 3 is 2.14 bits per heavy atom. The van der Waals surface area contributed by atoms with Crippen LogP contribution < -0.4 is 5.32 Å². The Bertz CT molecular complexity index is 1590. The average molecular weight is 600 g/mol. The van der Waals surface area contributed by atoms with Gasteiger partial charge in [-0.05, 0) is 79.0 Å². The van der Waals surface area contributed by atoms with Crippen molar-refractivity contribution in [2.45, 2.75) is 84.6 Å². The summed E-state index contributed by atoms with van der Waals surface area (Å²) in [5, 5.41) is 2.80. The minimum atomic E-state index is -0.570. The second-order valence-electron chi connectivity index (χ2n) is 13.1. The summed E-state index contributed by atoms with van der Waals surface area (Å²) >= 11 is 0. The average Bonchev–Trinajstić information content (AvgIpc) is 3.72. The SMILES string of the molecule is C[C@H](NC(=O)OC(C)(C)C)c1ncc(-c2ccc(-c3ccc(-c4cnc([C@H]5CCCN5C(=O)OC(C)(C)C)[nH]4)cn3)cc2)[nH]1. The van der Waals surface area contributed by atoms with Crippen LogP contribution >= 0.6 is 0 Å². The molecule has 44 heavy (non-hydrogen) atoms. The summed E-state index contributed by atoms with van der Waals surface area (Å²) in [4.78, 5) is 47.0. The number of nitrogens with zero attached hydrogens (tertiary/aromatic N) is 4. The number of rotatable bonds is 6. The Kier molecular flexibility index (Phi) is 8.49. The standard InChI is InChI=1S/C33H41N7O4/c1-20(37-30(41)43-32(2,3)4)28-35-18-25(38-28)22-12-10-21(11-13-22)24-15-14-23(17-34-24)26-19-36-29(39-26)27-9-8-16-40(27)31(42)44-33(5,6)7/h10-15,17-20,27H,8-9,16H2,1-7H3,(H,35,38)(H,36,39)(H,37,41)/t20-,27+/m0/s1. The molecule has 11 heteroatoms. The van der Waals surface area contributed by atoms with Crippen LogP contribution in [0.3, 0.4) is 0 Å². The molecule has 3 aromatic heterocycles. The van der Waals surface area contributed by atoms with E-state index in [9.17, 15) is 9.59 Å². The molecule has 232 valence electrons. The van der Waals surface area contributed by atoms with Crippen molar-refractivity contribution in [3.63, 3.8) is 0 Å². The Morgan fingerprint density at radius 2 is 1.48 bits per heavy atom. The van der Waals surface area contributed by atoms with Gasteiger partial charge in [-0.15, -0.1) is 0 Å². The molecule has 1 fully saturated rings. The zero-order valence-corrected chi connectivity index (χ0v) is 26.4. The topological polar surface area (TPSA) is 138 Å². The fourth-order valence-electron chi connectivity index (χ4n) is 5.04. The lowest BCUT2D eigenvalue weighted by molar-refractivity contribution is 0.0218. The molecule has 5 rings (SSSR count). The number of pyridine rings is 1. The van der Waals surface area contributed by atoms with Crippen LogP contribution in [0.15, 0.2) is 55.0 Å². The van der Waals surface area contributed by atoms with Gasteiger partial charge >= 0.3 is 12.2 Å². The number of amides is 2. The number of benzene rings is 1. The maximum atomic E-state index is 12.7. The molecular weight excluding hydrogens is 558 g/mol. The Balaban J connectivity index is 1.22. The Morgan fingerprint density at radius 1 is 0.841 bits per heavy atom. The second kappa shape index (κ2) is 12.1. The number of carbonyl (C=O) groups is 2. The van der Waals surface area contributed by atoms with Gasteiger partial charge in [0.15, 0.2) is 0 Å². The number of ether oxygens (including phenoxy) is 2. The lowest BCUT2D eigenvalue weighted by Crippen LogP contribution is -2.36. The van der Waals surface area contributed by atoms with Gasteiger partial charge in [0.2, 0.25) is 0 Å². The zero-order chi connectivity index (χ0) is 31.6. The van der Waals surface area contributed by atoms with Crippen LogP contribution in [0.25, 0.3) is 33.8 Å². The smallest absolute Gasteiger partial charge is 0.410 e. The van der Waals surface area contributed by atoms with E-state index in [1.807, 2.05) is 91.1 Å². The molecule has 1 saturated heterocycles. The van der Waals surface area contributed by atoms with Crippen LogP contribution in [-0.2, 0) is 9.47 Å². The van der Waals surface area contributed by atoms with Gasteiger partial charge in [0.05, 0.1) is 41.6 Å². The third-order valence-corrected chi connectivity index (χ3v) is 7.10. The molecule has 0 spiro atoms. The van der Waals surface area contributed by atoms with Gasteiger partial charge < -0.3 is 24.8 Å². The van der Waals surface area contributed by atoms with Crippen molar-refractivity contribution in [3.8, 4) is 33.8 Å². The van der Waals surface area contributed by atoms with Crippen molar-refractivity contribution in [2.75, 3.05) is 6.54 Å². The summed E-state index contributed by atoms with van der Waals surface area (Å²) in [7, 11) is 0. The van der Waals surface area contributed by atoms with E-state index >= 15 is 0 Å². The first kappa shape index (κ1) is 30.8. The third kappa shape index (κ3) is 7.45. The van der Waals surface area contributed by atoms with Crippen molar-refractivity contribution in [1.29, 1.82) is 0 Å². The van der Waals surface area contributed by atoms with E-state index in [4.69, 9.17) is 14.5 Å². The highest BCUT2D eigenvalue weighted by Gasteiger charge is 2.34. The van der Waals surface area contributed by atoms with E-state index in [0.29, 0.717) is 12.4 Å². The largest absolute Gasteiger partial charge is 0.444 e. The van der Waals surface area contributed by atoms with E-state index in [2.05, 4.69) is 25.3 Å². The maximum Gasteiger partial charge on any atom is 0.410 e. The molecule has 1 aliphatic heterocycles. The summed E-state index contributed by atoms with van der Waals surface area (Å²) in [5.41, 5.74) is 4.26. The number of nitrogens with one attached hydrogen (secondary N) is 3. The predicted octanol–water partition coefficient (Wildman–Crippen LogP) is 7.19. The number of hydrogen-bond donors (Lipinski definition) is 3. The number of H-pyrrole nitrogens is 2. The first-order chi connectivity index (χ1) is 20.8.